The Kier molecular flexibility index (Phi) is 4.29. The maximum absolute atomic E-state index is 11.4. The van der Waals surface area contributed by atoms with Crippen LogP contribution in [0.3, 0.4) is 0 Å². The number of ketones is 2. The third-order valence-corrected chi connectivity index (χ3v) is 2.80. The van der Waals surface area contributed by atoms with Crippen molar-refractivity contribution in [2.75, 3.05) is 0 Å². The molecule has 0 bridgehead atoms. The van der Waals surface area contributed by atoms with E-state index in [-0.39, 0.29) is 49.5 Å². The molecule has 0 spiro atoms. The van der Waals surface area contributed by atoms with Gasteiger partial charge in [-0.15, -0.1) is 0 Å². The van der Waals surface area contributed by atoms with E-state index in [1.54, 1.807) is 0 Å². The summed E-state index contributed by atoms with van der Waals surface area (Å²) in [7, 11) is 0. The molecule has 1 aromatic carbocycles. The van der Waals surface area contributed by atoms with Crippen LogP contribution in [-0.2, 0) is 38.7 Å². The van der Waals surface area contributed by atoms with Crippen LogP contribution in [0.4, 0.5) is 0 Å². The zero-order valence-corrected chi connectivity index (χ0v) is 14.4. The Morgan fingerprint density at radius 2 is 1.69 bits per heavy atom. The monoisotopic (exact) mass is 423 g/mol. The summed E-state index contributed by atoms with van der Waals surface area (Å²) in [5.74, 6) is -0.804. The number of benzene rings is 1. The molecule has 0 aliphatic heterocycles. The molecule has 0 heterocycles. The standard InChI is InChI=1S/C10H6O4S.Hg/c11-7-4-5-8(12)10-6(7)2-1-3-9(10)15(13)14;/h1-5H,(H,13,14);/p-1. The van der Waals surface area contributed by atoms with E-state index in [0.29, 0.717) is 0 Å². The fraction of sp³-hybridized carbons (Fsp3) is 0. The summed E-state index contributed by atoms with van der Waals surface area (Å²) in [4.78, 5) is 22.7. The Hall–Kier alpha value is -0.655. The van der Waals surface area contributed by atoms with Crippen molar-refractivity contribution in [1.29, 1.82) is 0 Å². The Labute approximate surface area is 115 Å². The number of carbonyl (C=O) groups excluding carboxylic acids is 2. The number of carbonyl (C=O) groups is 2. The zero-order chi connectivity index (χ0) is 11.0. The molecule has 0 fully saturated rings. The van der Waals surface area contributed by atoms with Gasteiger partial charge in [0, 0.05) is 43.7 Å². The number of allylic oxidation sites excluding steroid dienone is 2. The third-order valence-electron chi connectivity index (χ3n) is 2.10. The molecule has 1 aliphatic rings. The van der Waals surface area contributed by atoms with E-state index in [4.69, 9.17) is 0 Å². The van der Waals surface area contributed by atoms with E-state index < -0.39 is 16.9 Å². The van der Waals surface area contributed by atoms with E-state index >= 15 is 0 Å². The summed E-state index contributed by atoms with van der Waals surface area (Å²) < 4.78 is 21.7. The van der Waals surface area contributed by atoms with Crippen molar-refractivity contribution in [2.45, 2.75) is 4.90 Å². The fourth-order valence-corrected chi connectivity index (χ4v) is 2.02. The van der Waals surface area contributed by atoms with Crippen molar-refractivity contribution < 1.29 is 46.0 Å². The number of hydrogen-bond acceptors (Lipinski definition) is 4. The van der Waals surface area contributed by atoms with Gasteiger partial charge in [0.05, 0.1) is 0 Å². The molecule has 1 aliphatic carbocycles. The molecule has 1 atom stereocenters. The van der Waals surface area contributed by atoms with Gasteiger partial charge in [0.2, 0.25) is 0 Å². The summed E-state index contributed by atoms with van der Waals surface area (Å²) in [6.07, 6.45) is 2.23. The van der Waals surface area contributed by atoms with Crippen molar-refractivity contribution in [3.63, 3.8) is 0 Å². The largest absolute Gasteiger partial charge is 0.768 e. The molecule has 4 nitrogen and oxygen atoms in total. The van der Waals surface area contributed by atoms with Gasteiger partial charge in [-0.25, -0.2) is 0 Å². The molecule has 78 valence electrons. The molecule has 6 heteroatoms. The maximum atomic E-state index is 11.4. The van der Waals surface area contributed by atoms with Gasteiger partial charge in [0.25, 0.3) is 0 Å². The van der Waals surface area contributed by atoms with E-state index in [2.05, 4.69) is 0 Å². The maximum Gasteiger partial charge on any atom is 0.187 e. The van der Waals surface area contributed by atoms with Crippen molar-refractivity contribution >= 4 is 22.6 Å². The Morgan fingerprint density at radius 1 is 1.06 bits per heavy atom. The van der Waals surface area contributed by atoms with Crippen LogP contribution in [0.2, 0.25) is 0 Å². The third kappa shape index (κ3) is 2.21. The topological polar surface area (TPSA) is 74.3 Å². The summed E-state index contributed by atoms with van der Waals surface area (Å²) in [5, 5.41) is 0. The number of hydrogen-bond donors (Lipinski definition) is 0. The fourth-order valence-electron chi connectivity index (χ4n) is 1.45. The molecular weight excluding hydrogens is 417 g/mol. The van der Waals surface area contributed by atoms with E-state index in [9.17, 15) is 18.4 Å². The van der Waals surface area contributed by atoms with Gasteiger partial charge in [-0.3, -0.25) is 13.8 Å². The van der Waals surface area contributed by atoms with Gasteiger partial charge in [0.1, 0.15) is 0 Å². The van der Waals surface area contributed by atoms with E-state index in [0.717, 1.165) is 12.2 Å². The van der Waals surface area contributed by atoms with Crippen molar-refractivity contribution in [3.05, 3.63) is 41.5 Å². The molecule has 0 N–H and O–H groups in total. The van der Waals surface area contributed by atoms with Crippen molar-refractivity contribution in [3.8, 4) is 0 Å². The Balaban J connectivity index is 0.00000128. The van der Waals surface area contributed by atoms with Gasteiger partial charge in [0.15, 0.2) is 11.6 Å². The average Bonchev–Trinajstić information content (AvgIpc) is 2.23. The molecule has 0 amide bonds. The van der Waals surface area contributed by atoms with Crippen LogP contribution in [0, 0.1) is 0 Å². The van der Waals surface area contributed by atoms with Crippen LogP contribution in [0.5, 0.6) is 0 Å². The second-order valence-corrected chi connectivity index (χ2v) is 3.88. The number of fused-ring (bicyclic) bond motifs is 1. The summed E-state index contributed by atoms with van der Waals surface area (Å²) >= 11 is -2.51. The molecule has 1 aromatic rings. The van der Waals surface area contributed by atoms with E-state index in [1.807, 2.05) is 0 Å². The first-order chi connectivity index (χ1) is 7.11. The Bertz CT molecular complexity index is 522. The van der Waals surface area contributed by atoms with Crippen LogP contribution in [-0.4, -0.2) is 20.3 Å². The van der Waals surface area contributed by atoms with Crippen molar-refractivity contribution in [1.82, 2.24) is 0 Å². The van der Waals surface area contributed by atoms with Crippen molar-refractivity contribution in [2.24, 2.45) is 0 Å². The second kappa shape index (κ2) is 5.12. The van der Waals surface area contributed by atoms with Crippen LogP contribution in [0.1, 0.15) is 20.7 Å². The Morgan fingerprint density at radius 3 is 2.31 bits per heavy atom. The predicted octanol–water partition coefficient (Wildman–Crippen LogP) is 0.857. The molecule has 0 radical (unpaired) electrons. The minimum atomic E-state index is -2.51. The van der Waals surface area contributed by atoms with Crippen LogP contribution < -0.4 is 0 Å². The molecule has 0 saturated heterocycles. The zero-order valence-electron chi connectivity index (χ0n) is 8.14. The smallest absolute Gasteiger partial charge is 0.187 e. The summed E-state index contributed by atoms with van der Waals surface area (Å²) in [6, 6.07) is 4.18. The van der Waals surface area contributed by atoms with Gasteiger partial charge >= 0.3 is 0 Å². The first kappa shape index (κ1) is 13.4. The molecular formula is C10H5HgO4S-. The molecule has 1 unspecified atom stereocenters. The minimum absolute atomic E-state index is 0. The minimum Gasteiger partial charge on any atom is -0.768 e. The predicted molar refractivity (Wildman–Crippen MR) is 51.4 cm³/mol. The quantitative estimate of drug-likeness (QED) is 0.498. The van der Waals surface area contributed by atoms with Crippen LogP contribution in [0.15, 0.2) is 35.2 Å². The molecule has 0 aromatic heterocycles. The van der Waals surface area contributed by atoms with Crippen LogP contribution in [0.25, 0.3) is 0 Å². The summed E-state index contributed by atoms with van der Waals surface area (Å²) in [5.41, 5.74) is 0.113. The first-order valence-electron chi connectivity index (χ1n) is 4.10. The first-order valence-corrected chi connectivity index (χ1v) is 5.18. The molecule has 2 rings (SSSR count). The van der Waals surface area contributed by atoms with Gasteiger partial charge < -0.3 is 4.55 Å². The van der Waals surface area contributed by atoms with Gasteiger partial charge in [-0.05, 0) is 29.3 Å². The normalized spacial score (nSPS) is 15.3. The SMILES string of the molecule is O=C1C=CC(=O)c2c1cccc2S(=O)[O-].[Hg]. The second-order valence-electron chi connectivity index (χ2n) is 2.98. The summed E-state index contributed by atoms with van der Waals surface area (Å²) in [6.45, 7) is 0. The van der Waals surface area contributed by atoms with Gasteiger partial charge in [-0.2, -0.15) is 0 Å². The number of rotatable bonds is 1. The average molecular weight is 422 g/mol. The molecule has 0 saturated carbocycles. The van der Waals surface area contributed by atoms with E-state index in [1.165, 1.54) is 18.2 Å². The molecule has 16 heavy (non-hydrogen) atoms. The van der Waals surface area contributed by atoms with Crippen LogP contribution >= 0.6 is 0 Å². The van der Waals surface area contributed by atoms with Gasteiger partial charge in [-0.1, -0.05) is 12.1 Å².